The Hall–Kier alpha value is -5.56. The summed E-state index contributed by atoms with van der Waals surface area (Å²) in [7, 11) is 0. The number of nitrogens with zero attached hydrogens (tertiary/aromatic N) is 1. The Morgan fingerprint density at radius 2 is 1.36 bits per heavy atom. The molecule has 1 aromatic heterocycles. The van der Waals surface area contributed by atoms with Crippen LogP contribution in [0.2, 0.25) is 0 Å². The van der Waals surface area contributed by atoms with Crippen molar-refractivity contribution >= 4 is 23.6 Å². The van der Waals surface area contributed by atoms with Crippen molar-refractivity contribution in [1.29, 1.82) is 0 Å². The molecule has 0 spiro atoms. The van der Waals surface area contributed by atoms with E-state index in [9.17, 15) is 14.7 Å². The van der Waals surface area contributed by atoms with Gasteiger partial charge in [0, 0.05) is 48.3 Å². The molecule has 3 atom stereocenters. The van der Waals surface area contributed by atoms with Crippen LogP contribution in [0, 0.1) is 0 Å². The lowest BCUT2D eigenvalue weighted by Gasteiger charge is -2.36. The Balaban J connectivity index is 1.02. The monoisotopic (exact) mass is 797 g/mol. The molecule has 2 amide bonds. The Labute approximate surface area is 342 Å². The summed E-state index contributed by atoms with van der Waals surface area (Å²) in [5.74, 6) is 0.873. The lowest BCUT2D eigenvalue weighted by molar-refractivity contribution is -0.245. The fourth-order valence-electron chi connectivity index (χ4n) is 6.91. The lowest BCUT2D eigenvalue weighted by atomic mass is 9.99. The highest BCUT2D eigenvalue weighted by molar-refractivity contribution is 7.99. The molecule has 6 aromatic rings. The third-order valence-corrected chi connectivity index (χ3v) is 11.0. The van der Waals surface area contributed by atoms with Gasteiger partial charge in [0.05, 0.1) is 18.8 Å². The highest BCUT2D eigenvalue weighted by Crippen LogP contribution is 2.41. The number of thioether (sulfide) groups is 1. The number of amides is 2. The highest BCUT2D eigenvalue weighted by atomic mass is 32.2. The topological polar surface area (TPSA) is 143 Å². The summed E-state index contributed by atoms with van der Waals surface area (Å²) < 4.78 is 19.7. The summed E-state index contributed by atoms with van der Waals surface area (Å²) in [4.78, 5) is 28.5. The van der Waals surface area contributed by atoms with Crippen LogP contribution >= 0.6 is 11.8 Å². The summed E-state index contributed by atoms with van der Waals surface area (Å²) in [5, 5.41) is 21.8. The van der Waals surface area contributed by atoms with E-state index in [2.05, 4.69) is 23.5 Å². The summed E-state index contributed by atoms with van der Waals surface area (Å²) in [6, 6.07) is 44.2. The number of rotatable bonds is 17. The minimum atomic E-state index is -0.617. The molecule has 0 radical (unpaired) electrons. The Kier molecular flexibility index (Phi) is 14.2. The lowest BCUT2D eigenvalue weighted by Crippen LogP contribution is -2.31. The second-order valence-electron chi connectivity index (χ2n) is 14.2. The van der Waals surface area contributed by atoms with Gasteiger partial charge in [0.1, 0.15) is 5.69 Å². The molecule has 7 rings (SSSR count). The van der Waals surface area contributed by atoms with Gasteiger partial charge in [-0.1, -0.05) is 146 Å². The van der Waals surface area contributed by atoms with E-state index in [-0.39, 0.29) is 31.1 Å². The molecule has 1 aliphatic rings. The quantitative estimate of drug-likeness (QED) is 0.0307. The largest absolute Gasteiger partial charge is 0.431 e. The standard InChI is InChI=1S/C47H47N3O7S/c51-30-32-19-21-35(22-20-32)41-28-40(31-58-47-49-44(36-12-4-1-5-13-36)45(57-47)37-14-6-2-7-15-37)55-46(56-41)38-25-23-34(24-26-38)39-16-10-11-33(27-39)29-48-42(52)17-8-3-9-18-43(53)50-54/h1-2,4-7,10-16,19-27,40-41,46,51,54H,3,8-9,17-18,28-31H2,(H,48,52)(H,50,53)/t40-,41+,46+/m1/s1. The molecule has 58 heavy (non-hydrogen) atoms. The van der Waals surface area contributed by atoms with Gasteiger partial charge in [-0.05, 0) is 46.7 Å². The Bertz CT molecular complexity index is 2170. The Morgan fingerprint density at radius 1 is 0.690 bits per heavy atom. The van der Waals surface area contributed by atoms with Crippen molar-refractivity contribution < 1.29 is 33.8 Å². The molecule has 1 aliphatic heterocycles. The van der Waals surface area contributed by atoms with Crippen LogP contribution in [0.15, 0.2) is 143 Å². The second-order valence-corrected chi connectivity index (χ2v) is 15.2. The molecule has 1 fully saturated rings. The third kappa shape index (κ3) is 10.9. The number of nitrogens with one attached hydrogen (secondary N) is 2. The minimum absolute atomic E-state index is 0.0245. The van der Waals surface area contributed by atoms with Gasteiger partial charge >= 0.3 is 0 Å². The SMILES string of the molecule is O=C(CCCCCC(=O)NCc1cccc(-c2ccc([C@H]3O[C@@H](CSc4nc(-c5ccccc5)c(-c5ccccc5)o4)C[C@@H](c4ccc(CO)cc4)O3)cc2)c1)NO. The molecule has 10 nitrogen and oxygen atoms in total. The van der Waals surface area contributed by atoms with Crippen molar-refractivity contribution in [3.05, 3.63) is 156 Å². The molecule has 0 bridgehead atoms. The number of carbonyl (C=O) groups excluding carboxylic acids is 2. The van der Waals surface area contributed by atoms with Crippen LogP contribution in [0.3, 0.4) is 0 Å². The van der Waals surface area contributed by atoms with Crippen LogP contribution in [-0.4, -0.2) is 39.0 Å². The molecule has 0 aliphatic carbocycles. The molecule has 5 aromatic carbocycles. The smallest absolute Gasteiger partial charge is 0.256 e. The van der Waals surface area contributed by atoms with E-state index < -0.39 is 12.2 Å². The van der Waals surface area contributed by atoms with Gasteiger partial charge in [-0.15, -0.1) is 0 Å². The molecular weight excluding hydrogens is 751 g/mol. The Morgan fingerprint density at radius 3 is 2.07 bits per heavy atom. The maximum Gasteiger partial charge on any atom is 0.256 e. The number of hydrogen-bond acceptors (Lipinski definition) is 9. The zero-order valence-corrected chi connectivity index (χ0v) is 32.9. The van der Waals surface area contributed by atoms with Crippen LogP contribution in [0.1, 0.15) is 73.2 Å². The van der Waals surface area contributed by atoms with Crippen LogP contribution in [0.25, 0.3) is 33.7 Å². The molecular formula is C47H47N3O7S. The summed E-state index contributed by atoms with van der Waals surface area (Å²) in [5.41, 5.74) is 10.2. The van der Waals surface area contributed by atoms with Crippen molar-refractivity contribution in [2.24, 2.45) is 0 Å². The molecule has 298 valence electrons. The summed E-state index contributed by atoms with van der Waals surface area (Å²) >= 11 is 1.53. The zero-order valence-electron chi connectivity index (χ0n) is 32.1. The summed E-state index contributed by atoms with van der Waals surface area (Å²) in [6.45, 7) is 0.388. The van der Waals surface area contributed by atoms with Crippen molar-refractivity contribution in [2.75, 3.05) is 5.75 Å². The predicted octanol–water partition coefficient (Wildman–Crippen LogP) is 9.58. The van der Waals surface area contributed by atoms with E-state index in [1.54, 1.807) is 5.48 Å². The maximum absolute atomic E-state index is 12.4. The first-order valence-corrected chi connectivity index (χ1v) is 20.6. The molecule has 0 saturated carbocycles. The fourth-order valence-corrected chi connectivity index (χ4v) is 7.75. The number of aromatic nitrogens is 1. The highest BCUT2D eigenvalue weighted by Gasteiger charge is 2.33. The van der Waals surface area contributed by atoms with Crippen molar-refractivity contribution in [1.82, 2.24) is 15.8 Å². The second kappa shape index (κ2) is 20.2. The van der Waals surface area contributed by atoms with Gasteiger partial charge in [-0.3, -0.25) is 14.8 Å². The number of oxazole rings is 1. The van der Waals surface area contributed by atoms with Gasteiger partial charge in [-0.2, -0.15) is 0 Å². The van der Waals surface area contributed by atoms with E-state index >= 15 is 0 Å². The molecule has 11 heteroatoms. The number of aliphatic hydroxyl groups is 1. The van der Waals surface area contributed by atoms with Gasteiger partial charge in [-0.25, -0.2) is 10.5 Å². The number of benzene rings is 5. The number of aliphatic hydroxyl groups excluding tert-OH is 1. The average molecular weight is 798 g/mol. The molecule has 0 unspecified atom stereocenters. The fraction of sp³-hybridized carbons (Fsp3) is 0.255. The molecule has 2 heterocycles. The number of carbonyl (C=O) groups is 2. The van der Waals surface area contributed by atoms with Gasteiger partial charge in [0.25, 0.3) is 5.22 Å². The predicted molar refractivity (Wildman–Crippen MR) is 223 cm³/mol. The zero-order chi connectivity index (χ0) is 40.1. The summed E-state index contributed by atoms with van der Waals surface area (Å²) in [6.07, 6.45) is 2.24. The first kappa shape index (κ1) is 40.6. The normalized spacial score (nSPS) is 16.5. The van der Waals surface area contributed by atoms with Crippen molar-refractivity contribution in [3.8, 4) is 33.7 Å². The van der Waals surface area contributed by atoms with E-state index in [4.69, 9.17) is 24.1 Å². The van der Waals surface area contributed by atoms with Crippen LogP contribution < -0.4 is 10.8 Å². The minimum Gasteiger partial charge on any atom is -0.431 e. The number of hydrogen-bond donors (Lipinski definition) is 4. The maximum atomic E-state index is 12.4. The van der Waals surface area contributed by atoms with Gasteiger partial charge in [0.2, 0.25) is 11.8 Å². The molecule has 1 saturated heterocycles. The number of unbranched alkanes of at least 4 members (excludes halogenated alkanes) is 2. The number of ether oxygens (including phenoxy) is 2. The third-order valence-electron chi connectivity index (χ3n) is 10.1. The van der Waals surface area contributed by atoms with E-state index in [0.717, 1.165) is 62.4 Å². The first-order valence-electron chi connectivity index (χ1n) is 19.6. The van der Waals surface area contributed by atoms with Gasteiger partial charge < -0.3 is 24.3 Å². The van der Waals surface area contributed by atoms with Crippen molar-refractivity contribution in [2.45, 2.75) is 75.4 Å². The average Bonchev–Trinajstić information content (AvgIpc) is 3.72. The number of hydroxylamine groups is 1. The van der Waals surface area contributed by atoms with E-state index in [1.165, 1.54) is 11.8 Å². The van der Waals surface area contributed by atoms with Crippen LogP contribution in [-0.2, 0) is 32.2 Å². The van der Waals surface area contributed by atoms with E-state index in [1.807, 2.05) is 115 Å². The van der Waals surface area contributed by atoms with E-state index in [0.29, 0.717) is 43.2 Å². The van der Waals surface area contributed by atoms with Gasteiger partial charge in [0.15, 0.2) is 12.1 Å². The molecule has 4 N–H and O–H groups in total. The van der Waals surface area contributed by atoms with Crippen LogP contribution in [0.5, 0.6) is 0 Å². The van der Waals surface area contributed by atoms with Crippen molar-refractivity contribution in [3.63, 3.8) is 0 Å². The van der Waals surface area contributed by atoms with Crippen LogP contribution in [0.4, 0.5) is 0 Å². The first-order chi connectivity index (χ1) is 28.4.